The van der Waals surface area contributed by atoms with E-state index in [1.54, 1.807) is 49.4 Å². The zero-order valence-corrected chi connectivity index (χ0v) is 14.9. The Labute approximate surface area is 145 Å². The Morgan fingerprint density at radius 1 is 1.14 bits per heavy atom. The van der Waals surface area contributed by atoms with Gasteiger partial charge in [0.1, 0.15) is 0 Å². The Balaban J connectivity index is 2.18. The second-order valence-corrected chi connectivity index (χ2v) is 6.15. The molecule has 0 aromatic heterocycles. The normalized spacial score (nSPS) is 10.1. The molecule has 2 aromatic carbocycles. The molecule has 1 N–H and O–H groups in total. The fourth-order valence-corrected chi connectivity index (χ4v) is 3.04. The van der Waals surface area contributed by atoms with Crippen LogP contribution in [-0.2, 0) is 4.74 Å². The summed E-state index contributed by atoms with van der Waals surface area (Å²) < 4.78 is 6.50. The number of rotatable bonds is 4. The molecular formula is C16H13Br2NO3. The average Bonchev–Trinajstić information content (AvgIpc) is 2.47. The quantitative estimate of drug-likeness (QED) is 0.724. The summed E-state index contributed by atoms with van der Waals surface area (Å²) in [6, 6.07) is 11.9. The van der Waals surface area contributed by atoms with Crippen LogP contribution in [0, 0.1) is 0 Å². The van der Waals surface area contributed by atoms with Crippen molar-refractivity contribution in [2.45, 2.75) is 6.92 Å². The maximum absolute atomic E-state index is 12.3. The number of nitrogens with one attached hydrogen (secondary N) is 1. The molecule has 0 saturated carbocycles. The average molecular weight is 427 g/mol. The third-order valence-corrected chi connectivity index (χ3v) is 3.96. The van der Waals surface area contributed by atoms with E-state index in [0.717, 1.165) is 4.47 Å². The molecule has 2 rings (SSSR count). The number of hydrogen-bond donors (Lipinski definition) is 1. The van der Waals surface area contributed by atoms with Crippen LogP contribution in [0.1, 0.15) is 27.6 Å². The first-order valence-corrected chi connectivity index (χ1v) is 8.13. The van der Waals surface area contributed by atoms with E-state index in [0.29, 0.717) is 27.9 Å². The van der Waals surface area contributed by atoms with Crippen LogP contribution < -0.4 is 5.32 Å². The number of hydrogen-bond acceptors (Lipinski definition) is 3. The first-order valence-electron chi connectivity index (χ1n) is 6.55. The Kier molecular flexibility index (Phi) is 5.74. The highest BCUT2D eigenvalue weighted by atomic mass is 79.9. The SMILES string of the molecule is CCOC(=O)c1cccc(NC(=O)c2ccc(Br)cc2Br)c1. The predicted molar refractivity (Wildman–Crippen MR) is 92.2 cm³/mol. The molecule has 4 nitrogen and oxygen atoms in total. The summed E-state index contributed by atoms with van der Waals surface area (Å²) in [6.07, 6.45) is 0. The fraction of sp³-hybridized carbons (Fsp3) is 0.125. The summed E-state index contributed by atoms with van der Waals surface area (Å²) in [5.74, 6) is -0.677. The number of esters is 1. The number of ether oxygens (including phenoxy) is 1. The van der Waals surface area contributed by atoms with E-state index in [1.165, 1.54) is 0 Å². The number of benzene rings is 2. The van der Waals surface area contributed by atoms with Crippen molar-refractivity contribution in [3.8, 4) is 0 Å². The van der Waals surface area contributed by atoms with Gasteiger partial charge in [0.05, 0.1) is 17.7 Å². The third kappa shape index (κ3) is 4.18. The van der Waals surface area contributed by atoms with E-state index >= 15 is 0 Å². The van der Waals surface area contributed by atoms with E-state index in [9.17, 15) is 9.59 Å². The molecule has 0 spiro atoms. The van der Waals surface area contributed by atoms with Crippen LogP contribution >= 0.6 is 31.9 Å². The molecule has 2 aromatic rings. The summed E-state index contributed by atoms with van der Waals surface area (Å²) in [5, 5.41) is 2.76. The molecule has 0 aliphatic rings. The summed E-state index contributed by atoms with van der Waals surface area (Å²) in [4.78, 5) is 24.0. The highest BCUT2D eigenvalue weighted by Crippen LogP contribution is 2.23. The van der Waals surface area contributed by atoms with Crippen molar-refractivity contribution in [1.29, 1.82) is 0 Å². The Bertz CT molecular complexity index is 716. The number of halogens is 2. The molecule has 114 valence electrons. The molecule has 0 aliphatic carbocycles. The molecular weight excluding hydrogens is 414 g/mol. The highest BCUT2D eigenvalue weighted by Gasteiger charge is 2.12. The lowest BCUT2D eigenvalue weighted by molar-refractivity contribution is 0.0526. The predicted octanol–water partition coefficient (Wildman–Crippen LogP) is 4.64. The highest BCUT2D eigenvalue weighted by molar-refractivity contribution is 9.11. The lowest BCUT2D eigenvalue weighted by atomic mass is 10.1. The van der Waals surface area contributed by atoms with Gasteiger partial charge in [0.25, 0.3) is 5.91 Å². The smallest absolute Gasteiger partial charge is 0.338 e. The number of carbonyl (C=O) groups excluding carboxylic acids is 2. The Morgan fingerprint density at radius 3 is 2.59 bits per heavy atom. The van der Waals surface area contributed by atoms with Gasteiger partial charge in [0, 0.05) is 14.6 Å². The minimum Gasteiger partial charge on any atom is -0.462 e. The molecule has 0 bridgehead atoms. The second kappa shape index (κ2) is 7.56. The monoisotopic (exact) mass is 425 g/mol. The van der Waals surface area contributed by atoms with Crippen LogP contribution in [0.5, 0.6) is 0 Å². The standard InChI is InChI=1S/C16H13Br2NO3/c1-2-22-16(21)10-4-3-5-12(8-10)19-15(20)13-7-6-11(17)9-14(13)18/h3-9H,2H2,1H3,(H,19,20). The second-order valence-electron chi connectivity index (χ2n) is 4.38. The van der Waals surface area contributed by atoms with Gasteiger partial charge in [-0.3, -0.25) is 4.79 Å². The Morgan fingerprint density at radius 2 is 1.91 bits per heavy atom. The number of amides is 1. The minimum atomic E-state index is -0.413. The van der Waals surface area contributed by atoms with Crippen molar-refractivity contribution in [1.82, 2.24) is 0 Å². The molecule has 0 unspecified atom stereocenters. The molecule has 0 fully saturated rings. The number of carbonyl (C=O) groups is 2. The Hall–Kier alpha value is -1.66. The van der Waals surface area contributed by atoms with Crippen molar-refractivity contribution < 1.29 is 14.3 Å². The molecule has 0 atom stereocenters. The van der Waals surface area contributed by atoms with Crippen molar-refractivity contribution >= 4 is 49.4 Å². The van der Waals surface area contributed by atoms with Gasteiger partial charge in [0.2, 0.25) is 0 Å². The van der Waals surface area contributed by atoms with Gasteiger partial charge in [-0.2, -0.15) is 0 Å². The summed E-state index contributed by atoms with van der Waals surface area (Å²) in [6.45, 7) is 2.05. The molecule has 22 heavy (non-hydrogen) atoms. The fourth-order valence-electron chi connectivity index (χ4n) is 1.81. The van der Waals surface area contributed by atoms with E-state index in [2.05, 4.69) is 37.2 Å². The maximum Gasteiger partial charge on any atom is 0.338 e. The molecule has 0 saturated heterocycles. The molecule has 1 amide bonds. The van der Waals surface area contributed by atoms with Crippen LogP contribution in [0.2, 0.25) is 0 Å². The van der Waals surface area contributed by atoms with Gasteiger partial charge in [-0.1, -0.05) is 22.0 Å². The van der Waals surface area contributed by atoms with E-state index in [1.807, 2.05) is 0 Å². The molecule has 0 aliphatic heterocycles. The van der Waals surface area contributed by atoms with Gasteiger partial charge >= 0.3 is 5.97 Å². The van der Waals surface area contributed by atoms with Crippen LogP contribution in [0.25, 0.3) is 0 Å². The van der Waals surface area contributed by atoms with Crippen LogP contribution in [-0.4, -0.2) is 18.5 Å². The third-order valence-electron chi connectivity index (χ3n) is 2.81. The topological polar surface area (TPSA) is 55.4 Å². The lowest BCUT2D eigenvalue weighted by Crippen LogP contribution is -2.13. The largest absolute Gasteiger partial charge is 0.462 e. The van der Waals surface area contributed by atoms with Gasteiger partial charge in [-0.05, 0) is 59.3 Å². The zero-order chi connectivity index (χ0) is 16.1. The number of anilines is 1. The van der Waals surface area contributed by atoms with Crippen LogP contribution in [0.4, 0.5) is 5.69 Å². The van der Waals surface area contributed by atoms with Gasteiger partial charge in [-0.15, -0.1) is 0 Å². The first-order chi connectivity index (χ1) is 10.5. The van der Waals surface area contributed by atoms with Crippen molar-refractivity contribution in [3.05, 3.63) is 62.5 Å². The summed E-state index contributed by atoms with van der Waals surface area (Å²) in [7, 11) is 0. The lowest BCUT2D eigenvalue weighted by Gasteiger charge is -2.09. The van der Waals surface area contributed by atoms with Crippen molar-refractivity contribution in [2.24, 2.45) is 0 Å². The van der Waals surface area contributed by atoms with E-state index in [-0.39, 0.29) is 5.91 Å². The first kappa shape index (κ1) is 16.7. The minimum absolute atomic E-state index is 0.264. The van der Waals surface area contributed by atoms with Crippen LogP contribution in [0.3, 0.4) is 0 Å². The molecule has 0 heterocycles. The molecule has 0 radical (unpaired) electrons. The van der Waals surface area contributed by atoms with Crippen molar-refractivity contribution in [3.63, 3.8) is 0 Å². The van der Waals surface area contributed by atoms with E-state index < -0.39 is 5.97 Å². The summed E-state index contributed by atoms with van der Waals surface area (Å²) >= 11 is 6.69. The van der Waals surface area contributed by atoms with Gasteiger partial charge in [-0.25, -0.2) is 4.79 Å². The van der Waals surface area contributed by atoms with Gasteiger partial charge < -0.3 is 10.1 Å². The molecule has 6 heteroatoms. The maximum atomic E-state index is 12.3. The van der Waals surface area contributed by atoms with Crippen molar-refractivity contribution in [2.75, 3.05) is 11.9 Å². The summed E-state index contributed by atoms with van der Waals surface area (Å²) in [5.41, 5.74) is 1.43. The zero-order valence-electron chi connectivity index (χ0n) is 11.7. The van der Waals surface area contributed by atoms with Crippen LogP contribution in [0.15, 0.2) is 51.4 Å². The van der Waals surface area contributed by atoms with Gasteiger partial charge in [0.15, 0.2) is 0 Å². The van der Waals surface area contributed by atoms with E-state index in [4.69, 9.17) is 4.74 Å².